The van der Waals surface area contributed by atoms with Gasteiger partial charge in [-0.2, -0.15) is 0 Å². The Bertz CT molecular complexity index is 664. The molecule has 128 valence electrons. The van der Waals surface area contributed by atoms with Gasteiger partial charge in [0.1, 0.15) is 18.1 Å². The second kappa shape index (κ2) is 9.45. The van der Waals surface area contributed by atoms with Crippen molar-refractivity contribution in [1.82, 2.24) is 5.32 Å². The Hall–Kier alpha value is -1.85. The lowest BCUT2D eigenvalue weighted by molar-refractivity contribution is -0.120. The number of carbonyl (C=O) groups is 1. The SMILES string of the molecule is COc1cccc(OCCNC(=O)C(C)Sc2ccc(Cl)cc2)c1. The number of methoxy groups -OCH3 is 1. The molecule has 0 radical (unpaired) electrons. The van der Waals surface area contributed by atoms with Crippen LogP contribution in [0, 0.1) is 0 Å². The second-order valence-corrected chi connectivity index (χ2v) is 6.88. The average molecular weight is 366 g/mol. The molecule has 1 atom stereocenters. The highest BCUT2D eigenvalue weighted by Gasteiger charge is 2.13. The van der Waals surface area contributed by atoms with Crippen molar-refractivity contribution >= 4 is 29.3 Å². The van der Waals surface area contributed by atoms with Crippen LogP contribution in [0.4, 0.5) is 0 Å². The molecule has 1 N–H and O–H groups in total. The van der Waals surface area contributed by atoms with Crippen LogP contribution in [0.1, 0.15) is 6.92 Å². The Kier molecular flexibility index (Phi) is 7.28. The summed E-state index contributed by atoms with van der Waals surface area (Å²) in [5.41, 5.74) is 0. The molecule has 24 heavy (non-hydrogen) atoms. The van der Waals surface area contributed by atoms with E-state index in [-0.39, 0.29) is 11.2 Å². The summed E-state index contributed by atoms with van der Waals surface area (Å²) in [6.07, 6.45) is 0. The van der Waals surface area contributed by atoms with Gasteiger partial charge in [-0.1, -0.05) is 17.7 Å². The first-order valence-corrected chi connectivity index (χ1v) is 8.81. The Morgan fingerprint density at radius 2 is 1.92 bits per heavy atom. The lowest BCUT2D eigenvalue weighted by Crippen LogP contribution is -2.33. The van der Waals surface area contributed by atoms with E-state index in [1.165, 1.54) is 11.8 Å². The third-order valence-electron chi connectivity index (χ3n) is 3.21. The van der Waals surface area contributed by atoms with Gasteiger partial charge in [0, 0.05) is 16.0 Å². The third kappa shape index (κ3) is 5.98. The molecule has 0 spiro atoms. The number of amides is 1. The smallest absolute Gasteiger partial charge is 0.233 e. The van der Waals surface area contributed by atoms with Crippen LogP contribution >= 0.6 is 23.4 Å². The van der Waals surface area contributed by atoms with E-state index in [1.807, 2.05) is 49.4 Å². The molecule has 0 fully saturated rings. The van der Waals surface area contributed by atoms with E-state index in [9.17, 15) is 4.79 Å². The van der Waals surface area contributed by atoms with Crippen LogP contribution in [-0.2, 0) is 4.79 Å². The first-order chi connectivity index (χ1) is 11.6. The number of ether oxygens (including phenoxy) is 2. The van der Waals surface area contributed by atoms with Crippen molar-refractivity contribution in [3.05, 3.63) is 53.6 Å². The van der Waals surface area contributed by atoms with Gasteiger partial charge in [-0.15, -0.1) is 11.8 Å². The summed E-state index contributed by atoms with van der Waals surface area (Å²) in [6.45, 7) is 2.72. The van der Waals surface area contributed by atoms with Crippen molar-refractivity contribution in [2.24, 2.45) is 0 Å². The van der Waals surface area contributed by atoms with Crippen LogP contribution in [0.2, 0.25) is 5.02 Å². The van der Waals surface area contributed by atoms with Crippen LogP contribution in [0.15, 0.2) is 53.4 Å². The Morgan fingerprint density at radius 3 is 2.62 bits per heavy atom. The van der Waals surface area contributed by atoms with Crippen molar-refractivity contribution in [2.45, 2.75) is 17.1 Å². The minimum absolute atomic E-state index is 0.0239. The number of benzene rings is 2. The fourth-order valence-electron chi connectivity index (χ4n) is 1.95. The average Bonchev–Trinajstić information content (AvgIpc) is 2.60. The Morgan fingerprint density at radius 1 is 1.21 bits per heavy atom. The predicted molar refractivity (Wildman–Crippen MR) is 98.3 cm³/mol. The summed E-state index contributed by atoms with van der Waals surface area (Å²) < 4.78 is 10.7. The molecule has 0 bridgehead atoms. The van der Waals surface area contributed by atoms with Crippen molar-refractivity contribution in [2.75, 3.05) is 20.3 Å². The highest BCUT2D eigenvalue weighted by atomic mass is 35.5. The van der Waals surface area contributed by atoms with Gasteiger partial charge in [0.15, 0.2) is 0 Å². The van der Waals surface area contributed by atoms with Crippen LogP contribution in [0.5, 0.6) is 11.5 Å². The number of hydrogen-bond acceptors (Lipinski definition) is 4. The quantitative estimate of drug-likeness (QED) is 0.567. The normalized spacial score (nSPS) is 11.6. The van der Waals surface area contributed by atoms with E-state index >= 15 is 0 Å². The summed E-state index contributed by atoms with van der Waals surface area (Å²) in [6, 6.07) is 14.8. The molecule has 0 saturated heterocycles. The van der Waals surface area contributed by atoms with E-state index in [0.717, 1.165) is 10.6 Å². The first-order valence-electron chi connectivity index (χ1n) is 7.55. The lowest BCUT2D eigenvalue weighted by Gasteiger charge is -2.13. The van der Waals surface area contributed by atoms with Crippen molar-refractivity contribution in [3.63, 3.8) is 0 Å². The summed E-state index contributed by atoms with van der Waals surface area (Å²) in [7, 11) is 1.61. The standard InChI is InChI=1S/C18H20ClNO3S/c1-13(24-17-8-6-14(19)7-9-17)18(21)20-10-11-23-16-5-3-4-15(12-16)22-2/h3-9,12-13H,10-11H2,1-2H3,(H,20,21). The predicted octanol–water partition coefficient (Wildman–Crippen LogP) is 4.02. The molecular formula is C18H20ClNO3S. The summed E-state index contributed by atoms with van der Waals surface area (Å²) in [4.78, 5) is 13.1. The maximum atomic E-state index is 12.1. The Balaban J connectivity index is 1.71. The fourth-order valence-corrected chi connectivity index (χ4v) is 2.97. The minimum Gasteiger partial charge on any atom is -0.497 e. The van der Waals surface area contributed by atoms with Gasteiger partial charge in [0.05, 0.1) is 18.9 Å². The molecule has 6 heteroatoms. The molecule has 2 aromatic carbocycles. The number of nitrogens with one attached hydrogen (secondary N) is 1. The van der Waals surface area contributed by atoms with Crippen LogP contribution in [-0.4, -0.2) is 31.4 Å². The van der Waals surface area contributed by atoms with E-state index in [2.05, 4.69) is 5.32 Å². The van der Waals surface area contributed by atoms with E-state index in [4.69, 9.17) is 21.1 Å². The molecule has 1 amide bonds. The summed E-state index contributed by atoms with van der Waals surface area (Å²) >= 11 is 7.35. The molecule has 1 unspecified atom stereocenters. The topological polar surface area (TPSA) is 47.6 Å². The molecule has 0 aromatic heterocycles. The van der Waals surface area contributed by atoms with Gasteiger partial charge >= 0.3 is 0 Å². The number of carbonyl (C=O) groups excluding carboxylic acids is 1. The molecular weight excluding hydrogens is 346 g/mol. The number of rotatable bonds is 8. The molecule has 0 heterocycles. The van der Waals surface area contributed by atoms with Gasteiger partial charge in [-0.3, -0.25) is 4.79 Å². The van der Waals surface area contributed by atoms with Gasteiger partial charge < -0.3 is 14.8 Å². The molecule has 2 aromatic rings. The zero-order chi connectivity index (χ0) is 17.4. The monoisotopic (exact) mass is 365 g/mol. The molecule has 2 rings (SSSR count). The number of thioether (sulfide) groups is 1. The summed E-state index contributed by atoms with van der Waals surface area (Å²) in [5, 5.41) is 3.37. The number of halogens is 1. The van der Waals surface area contributed by atoms with Crippen molar-refractivity contribution in [1.29, 1.82) is 0 Å². The van der Waals surface area contributed by atoms with Crippen molar-refractivity contribution < 1.29 is 14.3 Å². The van der Waals surface area contributed by atoms with Crippen LogP contribution in [0.3, 0.4) is 0 Å². The largest absolute Gasteiger partial charge is 0.497 e. The zero-order valence-corrected chi connectivity index (χ0v) is 15.2. The Labute approximate surface area is 151 Å². The lowest BCUT2D eigenvalue weighted by atomic mass is 10.3. The minimum atomic E-state index is -0.192. The molecule has 0 aliphatic rings. The first kappa shape index (κ1) is 18.5. The number of hydrogen-bond donors (Lipinski definition) is 1. The maximum absolute atomic E-state index is 12.1. The van der Waals surface area contributed by atoms with Gasteiger partial charge in [0.2, 0.25) is 5.91 Å². The van der Waals surface area contributed by atoms with Gasteiger partial charge in [-0.25, -0.2) is 0 Å². The van der Waals surface area contributed by atoms with Crippen molar-refractivity contribution in [3.8, 4) is 11.5 Å². The van der Waals surface area contributed by atoms with Crippen LogP contribution < -0.4 is 14.8 Å². The van der Waals surface area contributed by atoms with E-state index < -0.39 is 0 Å². The van der Waals surface area contributed by atoms with Crippen LogP contribution in [0.25, 0.3) is 0 Å². The molecule has 0 aliphatic carbocycles. The van der Waals surface area contributed by atoms with Gasteiger partial charge in [0.25, 0.3) is 0 Å². The zero-order valence-electron chi connectivity index (χ0n) is 13.6. The highest BCUT2D eigenvalue weighted by molar-refractivity contribution is 8.00. The highest BCUT2D eigenvalue weighted by Crippen LogP contribution is 2.24. The maximum Gasteiger partial charge on any atom is 0.233 e. The fraction of sp³-hybridized carbons (Fsp3) is 0.278. The second-order valence-electron chi connectivity index (χ2n) is 5.03. The van der Waals surface area contributed by atoms with Gasteiger partial charge in [-0.05, 0) is 43.3 Å². The molecule has 0 aliphatic heterocycles. The van der Waals surface area contributed by atoms with E-state index in [1.54, 1.807) is 13.2 Å². The van der Waals surface area contributed by atoms with E-state index in [0.29, 0.717) is 23.9 Å². The molecule has 0 saturated carbocycles. The third-order valence-corrected chi connectivity index (χ3v) is 4.57. The molecule has 4 nitrogen and oxygen atoms in total. The summed E-state index contributed by atoms with van der Waals surface area (Å²) in [5.74, 6) is 1.43.